The Morgan fingerprint density at radius 3 is 1.09 bits per heavy atom. The number of rotatable bonds is 4. The van der Waals surface area contributed by atoms with E-state index in [9.17, 15) is 10.2 Å². The molecular formula is C20H28O2. The third kappa shape index (κ3) is 9.32. The molecule has 22 heavy (non-hydrogen) atoms. The lowest BCUT2D eigenvalue weighted by Gasteiger charge is -2.16. The Balaban J connectivity index is 0.000000220. The van der Waals surface area contributed by atoms with Gasteiger partial charge in [-0.15, -0.1) is 0 Å². The molecule has 0 aliphatic carbocycles. The van der Waals surface area contributed by atoms with Gasteiger partial charge in [-0.05, 0) is 38.8 Å². The van der Waals surface area contributed by atoms with Crippen LogP contribution in [0, 0.1) is 0 Å². The number of hydrogen-bond acceptors (Lipinski definition) is 2. The lowest BCUT2D eigenvalue weighted by molar-refractivity contribution is 0.0803. The van der Waals surface area contributed by atoms with Crippen molar-refractivity contribution in [3.63, 3.8) is 0 Å². The molecule has 0 aliphatic heterocycles. The molecule has 2 N–H and O–H groups in total. The van der Waals surface area contributed by atoms with Gasteiger partial charge in [0.2, 0.25) is 0 Å². The van der Waals surface area contributed by atoms with Gasteiger partial charge in [0, 0.05) is 12.8 Å². The van der Waals surface area contributed by atoms with Crippen LogP contribution < -0.4 is 0 Å². The fourth-order valence-electron chi connectivity index (χ4n) is 2.19. The van der Waals surface area contributed by atoms with Crippen LogP contribution >= 0.6 is 0 Å². The van der Waals surface area contributed by atoms with Gasteiger partial charge in [-0.25, -0.2) is 0 Å². The fourth-order valence-corrected chi connectivity index (χ4v) is 2.19. The maximum atomic E-state index is 9.47. The van der Waals surface area contributed by atoms with Gasteiger partial charge >= 0.3 is 0 Å². The molecule has 0 saturated carbocycles. The van der Waals surface area contributed by atoms with E-state index in [1.165, 1.54) is 11.1 Å². The van der Waals surface area contributed by atoms with E-state index in [2.05, 4.69) is 0 Å². The summed E-state index contributed by atoms with van der Waals surface area (Å²) in [6, 6.07) is 20.0. The summed E-state index contributed by atoms with van der Waals surface area (Å²) in [5, 5.41) is 18.9. The summed E-state index contributed by atoms with van der Waals surface area (Å²) in [7, 11) is 0. The molecule has 0 radical (unpaired) electrons. The van der Waals surface area contributed by atoms with Gasteiger partial charge in [-0.1, -0.05) is 60.7 Å². The van der Waals surface area contributed by atoms with Crippen molar-refractivity contribution in [2.75, 3.05) is 0 Å². The van der Waals surface area contributed by atoms with E-state index in [1.807, 2.05) is 88.4 Å². The highest BCUT2D eigenvalue weighted by Gasteiger charge is 2.12. The molecule has 0 fully saturated rings. The summed E-state index contributed by atoms with van der Waals surface area (Å²) >= 11 is 0. The number of benzene rings is 2. The van der Waals surface area contributed by atoms with Crippen LogP contribution in [0.3, 0.4) is 0 Å². The normalized spacial score (nSPS) is 11.5. The Kier molecular flexibility index (Phi) is 6.79. The van der Waals surface area contributed by atoms with E-state index in [-0.39, 0.29) is 0 Å². The van der Waals surface area contributed by atoms with Crippen molar-refractivity contribution in [2.24, 2.45) is 0 Å². The zero-order valence-corrected chi connectivity index (χ0v) is 14.1. The van der Waals surface area contributed by atoms with Crippen LogP contribution in [0.5, 0.6) is 0 Å². The van der Waals surface area contributed by atoms with Crippen LogP contribution in [-0.4, -0.2) is 21.4 Å². The molecule has 0 saturated heterocycles. The van der Waals surface area contributed by atoms with Gasteiger partial charge in [-0.2, -0.15) is 0 Å². The predicted octanol–water partition coefficient (Wildman–Crippen LogP) is 4.00. The highest BCUT2D eigenvalue weighted by atomic mass is 16.3. The van der Waals surface area contributed by atoms with Crippen LogP contribution in [0.4, 0.5) is 0 Å². The van der Waals surface area contributed by atoms with E-state index in [0.29, 0.717) is 12.8 Å². The largest absolute Gasteiger partial charge is 0.390 e. The standard InChI is InChI=1S/2C10H14O/c2*1-10(2,11)8-9-6-4-3-5-7-9/h2*3-7,11H,8H2,1-2H3. The summed E-state index contributed by atoms with van der Waals surface area (Å²) in [6.07, 6.45) is 1.43. The first-order chi connectivity index (χ1) is 10.2. The number of hydrogen-bond donors (Lipinski definition) is 2. The van der Waals surface area contributed by atoms with E-state index in [0.717, 1.165) is 0 Å². The first-order valence-corrected chi connectivity index (χ1v) is 7.68. The highest BCUT2D eigenvalue weighted by Crippen LogP contribution is 2.11. The molecule has 120 valence electrons. The fraction of sp³-hybridized carbons (Fsp3) is 0.400. The average molecular weight is 300 g/mol. The molecule has 0 atom stereocenters. The highest BCUT2D eigenvalue weighted by molar-refractivity contribution is 5.17. The molecule has 2 aromatic carbocycles. The second-order valence-corrected chi connectivity index (χ2v) is 6.95. The summed E-state index contributed by atoms with van der Waals surface area (Å²) in [5.74, 6) is 0. The third-order valence-corrected chi connectivity index (χ3v) is 2.96. The second kappa shape index (κ2) is 8.11. The first-order valence-electron chi connectivity index (χ1n) is 7.68. The molecule has 0 unspecified atom stereocenters. The van der Waals surface area contributed by atoms with E-state index in [4.69, 9.17) is 0 Å². The SMILES string of the molecule is CC(C)(O)Cc1ccccc1.CC(C)(O)Cc1ccccc1. The van der Waals surface area contributed by atoms with E-state index >= 15 is 0 Å². The summed E-state index contributed by atoms with van der Waals surface area (Å²) in [4.78, 5) is 0. The van der Waals surface area contributed by atoms with Gasteiger partial charge in [0.25, 0.3) is 0 Å². The maximum absolute atomic E-state index is 9.47. The van der Waals surface area contributed by atoms with Crippen LogP contribution in [0.25, 0.3) is 0 Å². The van der Waals surface area contributed by atoms with Gasteiger partial charge in [0.15, 0.2) is 0 Å². The van der Waals surface area contributed by atoms with E-state index in [1.54, 1.807) is 0 Å². The Labute approximate surface area is 134 Å². The lowest BCUT2D eigenvalue weighted by atomic mass is 9.99. The van der Waals surface area contributed by atoms with Crippen molar-refractivity contribution in [1.29, 1.82) is 0 Å². The minimum absolute atomic E-state index is 0.596. The Bertz CT molecular complexity index is 468. The van der Waals surface area contributed by atoms with Gasteiger partial charge in [0.05, 0.1) is 11.2 Å². The molecule has 0 amide bonds. The van der Waals surface area contributed by atoms with Gasteiger partial charge in [0.1, 0.15) is 0 Å². The summed E-state index contributed by atoms with van der Waals surface area (Å²) in [6.45, 7) is 7.28. The molecule has 2 heteroatoms. The lowest BCUT2D eigenvalue weighted by Crippen LogP contribution is -2.21. The second-order valence-electron chi connectivity index (χ2n) is 6.95. The maximum Gasteiger partial charge on any atom is 0.0631 e. The van der Waals surface area contributed by atoms with Crippen LogP contribution in [-0.2, 0) is 12.8 Å². The Morgan fingerprint density at radius 2 is 0.864 bits per heavy atom. The summed E-state index contributed by atoms with van der Waals surface area (Å²) < 4.78 is 0. The predicted molar refractivity (Wildman–Crippen MR) is 92.9 cm³/mol. The van der Waals surface area contributed by atoms with Crippen LogP contribution in [0.2, 0.25) is 0 Å². The van der Waals surface area contributed by atoms with Gasteiger partial charge < -0.3 is 10.2 Å². The van der Waals surface area contributed by atoms with Gasteiger partial charge in [-0.3, -0.25) is 0 Å². The van der Waals surface area contributed by atoms with Crippen molar-refractivity contribution >= 4 is 0 Å². The topological polar surface area (TPSA) is 40.5 Å². The quantitative estimate of drug-likeness (QED) is 0.896. The molecule has 0 aliphatic rings. The first kappa shape index (κ1) is 18.4. The summed E-state index contributed by atoms with van der Waals surface area (Å²) in [5.41, 5.74) is 1.17. The van der Waals surface area contributed by atoms with Crippen molar-refractivity contribution in [1.82, 2.24) is 0 Å². The average Bonchev–Trinajstić information content (AvgIpc) is 2.38. The Hall–Kier alpha value is -1.64. The molecule has 2 rings (SSSR count). The minimum atomic E-state index is -0.596. The molecule has 0 heterocycles. The molecule has 0 bridgehead atoms. The minimum Gasteiger partial charge on any atom is -0.390 e. The zero-order valence-electron chi connectivity index (χ0n) is 14.1. The number of aliphatic hydroxyl groups is 2. The molecule has 2 nitrogen and oxygen atoms in total. The smallest absolute Gasteiger partial charge is 0.0631 e. The third-order valence-electron chi connectivity index (χ3n) is 2.96. The Morgan fingerprint density at radius 1 is 0.591 bits per heavy atom. The van der Waals surface area contributed by atoms with Crippen LogP contribution in [0.15, 0.2) is 60.7 Å². The van der Waals surface area contributed by atoms with Crippen molar-refractivity contribution in [2.45, 2.75) is 51.7 Å². The zero-order chi connectivity index (χ0) is 16.6. The molecular weight excluding hydrogens is 272 g/mol. The molecule has 0 aromatic heterocycles. The van der Waals surface area contributed by atoms with E-state index < -0.39 is 11.2 Å². The van der Waals surface area contributed by atoms with Crippen molar-refractivity contribution in [3.8, 4) is 0 Å². The van der Waals surface area contributed by atoms with Crippen LogP contribution in [0.1, 0.15) is 38.8 Å². The molecule has 2 aromatic rings. The van der Waals surface area contributed by atoms with Crippen molar-refractivity contribution < 1.29 is 10.2 Å². The monoisotopic (exact) mass is 300 g/mol. The molecule has 0 spiro atoms. The van der Waals surface area contributed by atoms with Crippen molar-refractivity contribution in [3.05, 3.63) is 71.8 Å².